The monoisotopic (exact) mass is 572 g/mol. The number of carboxylic acid groups (broad SMARTS) is 1. The van der Waals surface area contributed by atoms with Gasteiger partial charge in [0.05, 0.1) is 6.04 Å². The number of fused-ring (bicyclic) bond motifs is 5. The Morgan fingerprint density at radius 1 is 0.921 bits per heavy atom. The molecule has 1 heterocycles. The second-order valence-corrected chi connectivity index (χ2v) is 8.44. The zero-order valence-corrected chi connectivity index (χ0v) is 21.7. The SMILES string of the molecule is Cl.Cl.NCCC[C@@H]1NC(=O)[C@@H](N)Cc2cc(ccc2O)-c2ccc(O)c(c2)C[C@@H](C(=O)OC(=O)O)NC1=O. The molecule has 2 aromatic rings. The zero-order chi connectivity index (χ0) is 26.4. The van der Waals surface area contributed by atoms with Gasteiger partial charge < -0.3 is 42.2 Å². The lowest BCUT2D eigenvalue weighted by Gasteiger charge is -2.23. The zero-order valence-electron chi connectivity index (χ0n) is 20.1. The Bertz CT molecular complexity index is 1180. The third-order valence-corrected chi connectivity index (χ3v) is 5.81. The van der Waals surface area contributed by atoms with Crippen LogP contribution in [0.1, 0.15) is 24.0 Å². The minimum absolute atomic E-state index is 0. The van der Waals surface area contributed by atoms with E-state index >= 15 is 0 Å². The van der Waals surface area contributed by atoms with Gasteiger partial charge in [-0.25, -0.2) is 9.59 Å². The van der Waals surface area contributed by atoms with E-state index in [1.54, 1.807) is 24.3 Å². The Labute approximate surface area is 230 Å². The molecule has 1 aliphatic heterocycles. The van der Waals surface area contributed by atoms with Crippen molar-refractivity contribution >= 4 is 48.8 Å². The molecule has 14 heteroatoms. The number of hydrogen-bond donors (Lipinski definition) is 7. The van der Waals surface area contributed by atoms with Crippen LogP contribution in [0.5, 0.6) is 11.5 Å². The maximum absolute atomic E-state index is 13.1. The summed E-state index contributed by atoms with van der Waals surface area (Å²) in [6.07, 6.45) is -1.74. The molecule has 2 aromatic carbocycles. The van der Waals surface area contributed by atoms with Crippen molar-refractivity contribution < 1.29 is 39.2 Å². The van der Waals surface area contributed by atoms with Gasteiger partial charge in [-0.05, 0) is 65.9 Å². The van der Waals surface area contributed by atoms with Gasteiger partial charge >= 0.3 is 12.1 Å². The molecule has 0 fully saturated rings. The lowest BCUT2D eigenvalue weighted by Crippen LogP contribution is -2.55. The second-order valence-electron chi connectivity index (χ2n) is 8.44. The number of amides is 2. The maximum Gasteiger partial charge on any atom is 0.513 e. The summed E-state index contributed by atoms with van der Waals surface area (Å²) < 4.78 is 4.27. The van der Waals surface area contributed by atoms with Crippen LogP contribution in [0.4, 0.5) is 4.79 Å². The fraction of sp³-hybridized carbons (Fsp3) is 0.333. The van der Waals surface area contributed by atoms with Crippen LogP contribution in [-0.4, -0.2) is 63.9 Å². The highest BCUT2D eigenvalue weighted by atomic mass is 35.5. The summed E-state index contributed by atoms with van der Waals surface area (Å²) in [6.45, 7) is 0.220. The first-order valence-corrected chi connectivity index (χ1v) is 11.2. The number of halogens is 2. The van der Waals surface area contributed by atoms with E-state index in [4.69, 9.17) is 16.6 Å². The van der Waals surface area contributed by atoms with Crippen LogP contribution in [0.2, 0.25) is 0 Å². The first-order chi connectivity index (χ1) is 17.1. The number of nitrogens with one attached hydrogen (secondary N) is 2. The molecule has 0 spiro atoms. The predicted octanol–water partition coefficient (Wildman–Crippen LogP) is 0.964. The molecule has 0 saturated heterocycles. The number of ether oxygens (including phenoxy) is 1. The van der Waals surface area contributed by atoms with Crippen molar-refractivity contribution in [1.29, 1.82) is 0 Å². The van der Waals surface area contributed by atoms with E-state index in [1.165, 1.54) is 12.1 Å². The highest BCUT2D eigenvalue weighted by molar-refractivity contribution is 5.93. The van der Waals surface area contributed by atoms with Crippen molar-refractivity contribution in [3.8, 4) is 22.6 Å². The van der Waals surface area contributed by atoms with Crippen molar-refractivity contribution in [2.75, 3.05) is 6.54 Å². The number of aromatic hydroxyl groups is 2. The Morgan fingerprint density at radius 3 is 2.00 bits per heavy atom. The largest absolute Gasteiger partial charge is 0.513 e. The first kappa shape index (κ1) is 32.4. The molecule has 2 amide bonds. The Balaban J connectivity index is 0.00000361. The van der Waals surface area contributed by atoms with Crippen LogP contribution in [-0.2, 0) is 32.0 Å². The lowest BCUT2D eigenvalue weighted by molar-refractivity contribution is -0.144. The number of benzene rings is 2. The predicted molar refractivity (Wildman–Crippen MR) is 141 cm³/mol. The lowest BCUT2D eigenvalue weighted by atomic mass is 9.95. The summed E-state index contributed by atoms with van der Waals surface area (Å²) in [4.78, 5) is 49.4. The third kappa shape index (κ3) is 8.21. The fourth-order valence-corrected chi connectivity index (χ4v) is 3.90. The van der Waals surface area contributed by atoms with E-state index in [0.717, 1.165) is 0 Å². The van der Waals surface area contributed by atoms with Crippen molar-refractivity contribution in [3.05, 3.63) is 47.5 Å². The number of phenols is 2. The van der Waals surface area contributed by atoms with Crippen LogP contribution in [0.15, 0.2) is 36.4 Å². The quantitative estimate of drug-likeness (QED) is 0.203. The highest BCUT2D eigenvalue weighted by Crippen LogP contribution is 2.31. The summed E-state index contributed by atoms with van der Waals surface area (Å²) >= 11 is 0. The van der Waals surface area contributed by atoms with Gasteiger partial charge in [0.1, 0.15) is 23.6 Å². The topological polar surface area (TPSA) is 214 Å². The van der Waals surface area contributed by atoms with E-state index in [1.807, 2.05) is 0 Å². The molecule has 38 heavy (non-hydrogen) atoms. The molecule has 12 nitrogen and oxygen atoms in total. The normalized spacial score (nSPS) is 19.3. The van der Waals surface area contributed by atoms with Crippen LogP contribution in [0.25, 0.3) is 11.1 Å². The van der Waals surface area contributed by atoms with E-state index in [9.17, 15) is 29.4 Å². The molecule has 0 aromatic heterocycles. The first-order valence-electron chi connectivity index (χ1n) is 11.2. The van der Waals surface area contributed by atoms with Crippen molar-refractivity contribution in [1.82, 2.24) is 10.6 Å². The van der Waals surface area contributed by atoms with Gasteiger partial charge in [-0.15, -0.1) is 24.8 Å². The van der Waals surface area contributed by atoms with Gasteiger partial charge in [0, 0.05) is 12.8 Å². The second kappa shape index (κ2) is 14.4. The number of carbonyl (C=O) groups excluding carboxylic acids is 3. The van der Waals surface area contributed by atoms with Gasteiger partial charge in [0.25, 0.3) is 0 Å². The van der Waals surface area contributed by atoms with Crippen LogP contribution < -0.4 is 22.1 Å². The molecule has 9 N–H and O–H groups in total. The number of hydrogen-bond acceptors (Lipinski definition) is 9. The molecule has 0 saturated carbocycles. The molecule has 4 bridgehead atoms. The van der Waals surface area contributed by atoms with Crippen molar-refractivity contribution in [2.24, 2.45) is 11.5 Å². The van der Waals surface area contributed by atoms with Gasteiger partial charge in [0.15, 0.2) is 0 Å². The summed E-state index contributed by atoms with van der Waals surface area (Å²) in [6, 6.07) is 5.51. The van der Waals surface area contributed by atoms with E-state index in [0.29, 0.717) is 23.1 Å². The van der Waals surface area contributed by atoms with Gasteiger partial charge in [-0.2, -0.15) is 0 Å². The maximum atomic E-state index is 13.1. The van der Waals surface area contributed by atoms with Gasteiger partial charge in [-0.3, -0.25) is 9.59 Å². The smallest absolute Gasteiger partial charge is 0.508 e. The highest BCUT2D eigenvalue weighted by Gasteiger charge is 2.31. The average Bonchev–Trinajstić information content (AvgIpc) is 2.82. The third-order valence-electron chi connectivity index (χ3n) is 5.81. The molecule has 3 rings (SSSR count). The Morgan fingerprint density at radius 2 is 1.47 bits per heavy atom. The number of carbonyl (C=O) groups is 4. The van der Waals surface area contributed by atoms with Gasteiger partial charge in [0.2, 0.25) is 11.8 Å². The molecule has 3 atom stereocenters. The standard InChI is InChI=1S/C24H28N4O8.2ClH/c25-7-1-2-17-22(32)28-18(23(33)36-24(34)35)11-15-9-13(4-6-20(15)30)12-3-5-19(29)14(8-12)10-16(26)21(31)27-17;;/h3-6,8-9,16-18,29-30H,1-2,7,10-11,25-26H2,(H,27,31)(H,28,32)(H,34,35);2*1H/t16-,17-,18-;;/m0../s1. The van der Waals surface area contributed by atoms with Crippen LogP contribution >= 0.6 is 24.8 Å². The molecular weight excluding hydrogens is 543 g/mol. The Hall–Kier alpha value is -3.58. The minimum Gasteiger partial charge on any atom is -0.508 e. The molecular formula is C24H30Cl2N4O8. The molecule has 1 aliphatic rings. The van der Waals surface area contributed by atoms with Crippen molar-refractivity contribution in [3.63, 3.8) is 0 Å². The molecule has 0 unspecified atom stereocenters. The number of phenolic OH excluding ortho intramolecular Hbond substituents is 2. The minimum atomic E-state index is -1.86. The molecule has 208 valence electrons. The van der Waals surface area contributed by atoms with Crippen molar-refractivity contribution in [2.45, 2.75) is 43.8 Å². The van der Waals surface area contributed by atoms with Crippen LogP contribution in [0.3, 0.4) is 0 Å². The number of rotatable bonds is 4. The summed E-state index contributed by atoms with van der Waals surface area (Å²) in [7, 11) is 0. The summed E-state index contributed by atoms with van der Waals surface area (Å²) in [5.74, 6) is -2.99. The average molecular weight is 573 g/mol. The van der Waals surface area contributed by atoms with Gasteiger partial charge in [-0.1, -0.05) is 12.1 Å². The number of esters is 1. The molecule has 0 radical (unpaired) electrons. The summed E-state index contributed by atoms with van der Waals surface area (Å²) in [5, 5.41) is 34.6. The Kier molecular flexibility index (Phi) is 12.3. The van der Waals surface area contributed by atoms with E-state index < -0.39 is 42.1 Å². The van der Waals surface area contributed by atoms with E-state index in [2.05, 4.69) is 15.4 Å². The van der Waals surface area contributed by atoms with E-state index in [-0.39, 0.29) is 67.7 Å². The molecule has 0 aliphatic carbocycles. The van der Waals surface area contributed by atoms with Crippen LogP contribution in [0, 0.1) is 0 Å². The summed E-state index contributed by atoms with van der Waals surface area (Å²) in [5.41, 5.74) is 13.5. The number of nitrogens with two attached hydrogens (primary N) is 2. The fourth-order valence-electron chi connectivity index (χ4n) is 3.90.